The number of likely N-dealkylation sites (tertiary alicyclic amines) is 1. The third-order valence-electron chi connectivity index (χ3n) is 2.85. The first-order chi connectivity index (χ1) is 8.11. The highest BCUT2D eigenvalue weighted by atomic mass is 16.5. The van der Waals surface area contributed by atoms with Gasteiger partial charge in [-0.2, -0.15) is 0 Å². The van der Waals surface area contributed by atoms with Crippen molar-refractivity contribution in [2.75, 3.05) is 20.2 Å². The van der Waals surface area contributed by atoms with Crippen LogP contribution in [0.25, 0.3) is 0 Å². The smallest absolute Gasteiger partial charge is 0.341 e. The molecule has 2 heterocycles. The molecule has 6 nitrogen and oxygen atoms in total. The van der Waals surface area contributed by atoms with E-state index in [4.69, 9.17) is 4.42 Å². The van der Waals surface area contributed by atoms with Crippen LogP contribution in [0.15, 0.2) is 16.7 Å². The van der Waals surface area contributed by atoms with Crippen LogP contribution in [0, 0.1) is 0 Å². The molecule has 0 bridgehead atoms. The molecule has 94 valence electrons. The van der Waals surface area contributed by atoms with Gasteiger partial charge in [0, 0.05) is 13.1 Å². The Morgan fingerprint density at radius 1 is 1.53 bits per heavy atom. The van der Waals surface area contributed by atoms with Gasteiger partial charge in [0.2, 0.25) is 0 Å². The second-order valence-corrected chi connectivity index (χ2v) is 4.08. The van der Waals surface area contributed by atoms with Gasteiger partial charge < -0.3 is 19.4 Å². The molecule has 17 heavy (non-hydrogen) atoms. The first-order valence-corrected chi connectivity index (χ1v) is 5.35. The number of β-amino-alcohol motifs (C(OH)–C–C–N with tert-alkyl or cyclic N) is 2. The van der Waals surface area contributed by atoms with Crippen molar-refractivity contribution < 1.29 is 24.2 Å². The molecule has 2 rings (SSSR count). The molecule has 0 saturated carbocycles. The maximum absolute atomic E-state index is 11.4. The lowest BCUT2D eigenvalue weighted by Crippen LogP contribution is -2.22. The van der Waals surface area contributed by atoms with Gasteiger partial charge in [-0.3, -0.25) is 4.90 Å². The van der Waals surface area contributed by atoms with E-state index < -0.39 is 18.2 Å². The molecule has 0 spiro atoms. The summed E-state index contributed by atoms with van der Waals surface area (Å²) in [6.07, 6.45) is -0.0667. The van der Waals surface area contributed by atoms with Gasteiger partial charge in [0.1, 0.15) is 11.3 Å². The Hall–Kier alpha value is -1.37. The van der Waals surface area contributed by atoms with Crippen LogP contribution in [-0.4, -0.2) is 53.5 Å². The number of hydrogen-bond donors (Lipinski definition) is 2. The summed E-state index contributed by atoms with van der Waals surface area (Å²) in [7, 11) is 1.31. The fraction of sp³-hybridized carbons (Fsp3) is 0.545. The van der Waals surface area contributed by atoms with E-state index in [1.807, 2.05) is 4.90 Å². The molecule has 1 aliphatic heterocycles. The van der Waals surface area contributed by atoms with Crippen LogP contribution >= 0.6 is 0 Å². The summed E-state index contributed by atoms with van der Waals surface area (Å²) in [6.45, 7) is 1.09. The Bertz CT molecular complexity index is 392. The predicted octanol–water partition coefficient (Wildman–Crippen LogP) is -0.396. The van der Waals surface area contributed by atoms with E-state index in [0.29, 0.717) is 31.0 Å². The van der Waals surface area contributed by atoms with E-state index in [0.717, 1.165) is 0 Å². The van der Waals surface area contributed by atoms with Crippen LogP contribution in [0.3, 0.4) is 0 Å². The number of esters is 1. The second-order valence-electron chi connectivity index (χ2n) is 4.08. The number of ether oxygens (including phenoxy) is 1. The standard InChI is InChI=1S/C11H15NO5/c1-16-11(15)7-2-3-17-10(7)6-12-4-8(13)9(14)5-12/h2-3,8-9,13-14H,4-6H2,1H3/t8-,9+. The van der Waals surface area contributed by atoms with E-state index >= 15 is 0 Å². The number of aliphatic hydroxyl groups is 2. The van der Waals surface area contributed by atoms with Gasteiger partial charge in [0.05, 0.1) is 32.1 Å². The third kappa shape index (κ3) is 2.49. The summed E-state index contributed by atoms with van der Waals surface area (Å²) in [4.78, 5) is 13.2. The maximum Gasteiger partial charge on any atom is 0.341 e. The van der Waals surface area contributed by atoms with Gasteiger partial charge >= 0.3 is 5.97 Å². The van der Waals surface area contributed by atoms with Crippen LogP contribution in [0.2, 0.25) is 0 Å². The Kier molecular flexibility index (Phi) is 3.46. The van der Waals surface area contributed by atoms with E-state index in [1.165, 1.54) is 13.4 Å². The van der Waals surface area contributed by atoms with Crippen molar-refractivity contribution >= 4 is 5.97 Å². The van der Waals surface area contributed by atoms with E-state index in [9.17, 15) is 15.0 Å². The highest BCUT2D eigenvalue weighted by molar-refractivity contribution is 5.90. The summed E-state index contributed by atoms with van der Waals surface area (Å²) in [6, 6.07) is 1.55. The minimum absolute atomic E-state index is 0.364. The van der Waals surface area contributed by atoms with Gasteiger partial charge in [-0.05, 0) is 6.07 Å². The molecule has 0 aromatic carbocycles. The van der Waals surface area contributed by atoms with Gasteiger partial charge in [-0.25, -0.2) is 4.79 Å². The zero-order valence-corrected chi connectivity index (χ0v) is 9.50. The maximum atomic E-state index is 11.4. The van der Waals surface area contributed by atoms with Gasteiger partial charge in [0.15, 0.2) is 0 Å². The van der Waals surface area contributed by atoms with Crippen molar-refractivity contribution in [3.05, 3.63) is 23.7 Å². The van der Waals surface area contributed by atoms with Gasteiger partial charge in [-0.15, -0.1) is 0 Å². The van der Waals surface area contributed by atoms with Crippen molar-refractivity contribution in [2.24, 2.45) is 0 Å². The molecule has 1 fully saturated rings. The normalized spacial score (nSPS) is 25.1. The largest absolute Gasteiger partial charge is 0.467 e. The molecule has 2 atom stereocenters. The molecule has 0 amide bonds. The molecule has 1 aliphatic rings. The fourth-order valence-corrected chi connectivity index (χ4v) is 1.93. The average molecular weight is 241 g/mol. The topological polar surface area (TPSA) is 83.1 Å². The highest BCUT2D eigenvalue weighted by Crippen LogP contribution is 2.18. The summed E-state index contributed by atoms with van der Waals surface area (Å²) in [5.74, 6) is 0.0344. The summed E-state index contributed by atoms with van der Waals surface area (Å²) < 4.78 is 9.84. The SMILES string of the molecule is COC(=O)c1ccoc1CN1C[C@@H](O)[C@@H](O)C1. The lowest BCUT2D eigenvalue weighted by molar-refractivity contribution is 0.0572. The number of methoxy groups -OCH3 is 1. The Labute approximate surface area is 98.4 Å². The number of hydrogen-bond acceptors (Lipinski definition) is 6. The molecular weight excluding hydrogens is 226 g/mol. The minimum atomic E-state index is -0.744. The molecule has 1 aromatic rings. The van der Waals surface area contributed by atoms with Crippen LogP contribution in [-0.2, 0) is 11.3 Å². The quantitative estimate of drug-likeness (QED) is 0.701. The molecule has 2 N–H and O–H groups in total. The lowest BCUT2D eigenvalue weighted by atomic mass is 10.2. The fourth-order valence-electron chi connectivity index (χ4n) is 1.93. The Morgan fingerprint density at radius 3 is 2.76 bits per heavy atom. The number of rotatable bonds is 3. The number of carbonyl (C=O) groups is 1. The van der Waals surface area contributed by atoms with E-state index in [1.54, 1.807) is 6.07 Å². The van der Waals surface area contributed by atoms with Gasteiger partial charge in [0.25, 0.3) is 0 Å². The lowest BCUT2D eigenvalue weighted by Gasteiger charge is -2.13. The number of nitrogens with zero attached hydrogens (tertiary/aromatic N) is 1. The zero-order chi connectivity index (χ0) is 12.4. The number of furan rings is 1. The van der Waals surface area contributed by atoms with Crippen molar-refractivity contribution in [2.45, 2.75) is 18.8 Å². The second kappa shape index (κ2) is 4.87. The monoisotopic (exact) mass is 241 g/mol. The molecule has 1 aromatic heterocycles. The van der Waals surface area contributed by atoms with Crippen LogP contribution < -0.4 is 0 Å². The van der Waals surface area contributed by atoms with Crippen molar-refractivity contribution in [1.29, 1.82) is 0 Å². The van der Waals surface area contributed by atoms with Crippen LogP contribution in [0.5, 0.6) is 0 Å². The molecular formula is C11H15NO5. The third-order valence-corrected chi connectivity index (χ3v) is 2.85. The molecule has 0 aliphatic carbocycles. The summed E-state index contributed by atoms with van der Waals surface area (Å²) in [5, 5.41) is 18.8. The number of carbonyl (C=O) groups excluding carboxylic acids is 1. The first kappa shape index (κ1) is 12.1. The van der Waals surface area contributed by atoms with Gasteiger partial charge in [-0.1, -0.05) is 0 Å². The predicted molar refractivity (Wildman–Crippen MR) is 57.3 cm³/mol. The summed E-state index contributed by atoms with van der Waals surface area (Å²) >= 11 is 0. The van der Waals surface area contributed by atoms with Crippen molar-refractivity contribution in [1.82, 2.24) is 4.90 Å². The van der Waals surface area contributed by atoms with Crippen LogP contribution in [0.1, 0.15) is 16.1 Å². The summed E-state index contributed by atoms with van der Waals surface area (Å²) in [5.41, 5.74) is 0.378. The highest BCUT2D eigenvalue weighted by Gasteiger charge is 2.30. The molecule has 1 saturated heterocycles. The minimum Gasteiger partial charge on any atom is -0.467 e. The molecule has 6 heteroatoms. The van der Waals surface area contributed by atoms with Crippen molar-refractivity contribution in [3.8, 4) is 0 Å². The van der Waals surface area contributed by atoms with Crippen LogP contribution in [0.4, 0.5) is 0 Å². The Morgan fingerprint density at radius 2 is 2.18 bits per heavy atom. The van der Waals surface area contributed by atoms with E-state index in [-0.39, 0.29) is 0 Å². The van der Waals surface area contributed by atoms with E-state index in [2.05, 4.69) is 4.74 Å². The number of aliphatic hydroxyl groups excluding tert-OH is 2. The average Bonchev–Trinajstić information content (AvgIpc) is 2.86. The first-order valence-electron chi connectivity index (χ1n) is 5.35. The molecule has 0 unspecified atom stereocenters. The zero-order valence-electron chi connectivity index (χ0n) is 9.50. The molecule has 0 radical (unpaired) electrons. The van der Waals surface area contributed by atoms with Crippen molar-refractivity contribution in [3.63, 3.8) is 0 Å². The Balaban J connectivity index is 2.04.